The first-order valence-corrected chi connectivity index (χ1v) is 10.4. The number of aromatic nitrogens is 1. The summed E-state index contributed by atoms with van der Waals surface area (Å²) in [5.41, 5.74) is 6.11. The Kier molecular flexibility index (Phi) is 9.44. The van der Waals surface area contributed by atoms with Gasteiger partial charge >= 0.3 is 0 Å². The number of halogens is 2. The van der Waals surface area contributed by atoms with Crippen LogP contribution in [-0.4, -0.2) is 37.9 Å². The lowest BCUT2D eigenvalue weighted by Gasteiger charge is -2.45. The zero-order valence-electron chi connectivity index (χ0n) is 15.0. The highest BCUT2D eigenvalue weighted by atomic mass is 35.5. The largest absolute Gasteiger partial charge is 0.353 e. The molecule has 0 aromatic carbocycles. The van der Waals surface area contributed by atoms with Crippen LogP contribution in [-0.2, 0) is 14.8 Å². The highest BCUT2D eigenvalue weighted by molar-refractivity contribution is 7.89. The number of hydrogen-bond acceptors (Lipinski definition) is 5. The molecular weight excluding hydrogens is 411 g/mol. The van der Waals surface area contributed by atoms with E-state index >= 15 is 0 Å². The van der Waals surface area contributed by atoms with E-state index < -0.39 is 10.0 Å². The van der Waals surface area contributed by atoms with Crippen molar-refractivity contribution in [2.24, 2.45) is 17.6 Å². The maximum atomic E-state index is 12.3. The number of carbonyl (C=O) groups excluding carboxylic acids is 1. The smallest absolute Gasteiger partial charge is 0.242 e. The van der Waals surface area contributed by atoms with Gasteiger partial charge in [-0.05, 0) is 49.7 Å². The number of rotatable bonds is 6. The van der Waals surface area contributed by atoms with Gasteiger partial charge in [0.1, 0.15) is 4.90 Å². The highest BCUT2D eigenvalue weighted by Gasteiger charge is 2.39. The fraction of sp³-hybridized carbons (Fsp3) is 0.647. The number of nitrogens with zero attached hydrogens (tertiary/aromatic N) is 1. The van der Waals surface area contributed by atoms with Crippen LogP contribution >= 0.6 is 24.8 Å². The fourth-order valence-corrected chi connectivity index (χ4v) is 5.17. The van der Waals surface area contributed by atoms with Crippen LogP contribution in [0, 0.1) is 11.8 Å². The monoisotopic (exact) mass is 438 g/mol. The van der Waals surface area contributed by atoms with Crippen molar-refractivity contribution in [2.45, 2.75) is 55.5 Å². The second-order valence-corrected chi connectivity index (χ2v) is 8.88. The molecule has 2 fully saturated rings. The standard InChI is InChI=1S/C17H26N4O3S.2ClH/c18-14-9-12-3-1-4-13(10-14)17(12)21-16(22)6-8-20-25(23,24)15-5-2-7-19-11-15;;/h2,5,7,11-14,17,20H,1,3-4,6,8-10,18H2,(H,21,22);2*1H. The molecule has 0 aliphatic heterocycles. The minimum Gasteiger partial charge on any atom is -0.353 e. The van der Waals surface area contributed by atoms with Crippen LogP contribution < -0.4 is 15.8 Å². The molecule has 10 heteroatoms. The molecule has 2 aliphatic rings. The maximum Gasteiger partial charge on any atom is 0.242 e. The summed E-state index contributed by atoms with van der Waals surface area (Å²) in [4.78, 5) is 16.2. The predicted octanol–water partition coefficient (Wildman–Crippen LogP) is 1.62. The molecule has 2 aliphatic carbocycles. The molecule has 1 aromatic heterocycles. The molecule has 2 saturated carbocycles. The van der Waals surface area contributed by atoms with Gasteiger partial charge in [-0.15, -0.1) is 24.8 Å². The Hall–Kier alpha value is -0.930. The number of pyridine rings is 1. The van der Waals surface area contributed by atoms with Crippen LogP contribution in [0.25, 0.3) is 0 Å². The molecule has 4 N–H and O–H groups in total. The molecule has 1 amide bonds. The van der Waals surface area contributed by atoms with Gasteiger partial charge in [0.05, 0.1) is 0 Å². The lowest BCUT2D eigenvalue weighted by molar-refractivity contribution is -0.123. The van der Waals surface area contributed by atoms with Crippen molar-refractivity contribution in [2.75, 3.05) is 6.54 Å². The summed E-state index contributed by atoms with van der Waals surface area (Å²) >= 11 is 0. The number of fused-ring (bicyclic) bond motifs is 2. The fourth-order valence-electron chi connectivity index (χ4n) is 4.17. The second kappa shape index (κ2) is 10.6. The molecule has 27 heavy (non-hydrogen) atoms. The van der Waals surface area contributed by atoms with Crippen LogP contribution in [0.3, 0.4) is 0 Å². The van der Waals surface area contributed by atoms with Crippen LogP contribution in [0.5, 0.6) is 0 Å². The molecular formula is C17H28Cl2N4O3S. The highest BCUT2D eigenvalue weighted by Crippen LogP contribution is 2.39. The van der Waals surface area contributed by atoms with Crippen LogP contribution in [0.2, 0.25) is 0 Å². The number of amides is 1. The minimum atomic E-state index is -3.62. The van der Waals surface area contributed by atoms with Gasteiger partial charge in [0, 0.05) is 37.4 Å². The zero-order valence-corrected chi connectivity index (χ0v) is 17.5. The lowest BCUT2D eigenvalue weighted by Crippen LogP contribution is -2.54. The van der Waals surface area contributed by atoms with E-state index in [1.54, 1.807) is 6.07 Å². The molecule has 0 saturated heterocycles. The Morgan fingerprint density at radius 1 is 1.22 bits per heavy atom. The molecule has 1 heterocycles. The number of nitrogens with two attached hydrogens (primary N) is 1. The maximum absolute atomic E-state index is 12.3. The topological polar surface area (TPSA) is 114 Å². The quantitative estimate of drug-likeness (QED) is 0.623. The Morgan fingerprint density at radius 2 is 1.89 bits per heavy atom. The number of nitrogens with one attached hydrogen (secondary N) is 2. The minimum absolute atomic E-state index is 0. The summed E-state index contributed by atoms with van der Waals surface area (Å²) < 4.78 is 26.7. The molecule has 2 bridgehead atoms. The Labute approximate surface area is 173 Å². The Bertz CT molecular complexity index is 691. The number of sulfonamides is 1. The molecule has 0 spiro atoms. The zero-order chi connectivity index (χ0) is 17.9. The molecule has 1 aromatic rings. The summed E-state index contributed by atoms with van der Waals surface area (Å²) in [6.07, 6.45) is 8.30. The molecule has 154 valence electrons. The van der Waals surface area contributed by atoms with Crippen molar-refractivity contribution in [1.82, 2.24) is 15.0 Å². The summed E-state index contributed by atoms with van der Waals surface area (Å²) in [7, 11) is -3.62. The van der Waals surface area contributed by atoms with Crippen molar-refractivity contribution in [3.05, 3.63) is 24.5 Å². The summed E-state index contributed by atoms with van der Waals surface area (Å²) in [6.45, 7) is 0.0740. The Morgan fingerprint density at radius 3 is 2.48 bits per heavy atom. The molecule has 0 radical (unpaired) electrons. The van der Waals surface area contributed by atoms with Crippen molar-refractivity contribution < 1.29 is 13.2 Å². The van der Waals surface area contributed by atoms with Gasteiger partial charge in [0.15, 0.2) is 0 Å². The van der Waals surface area contributed by atoms with Crippen molar-refractivity contribution in [3.63, 3.8) is 0 Å². The normalized spacial score (nSPS) is 27.0. The first-order valence-electron chi connectivity index (χ1n) is 8.90. The first-order chi connectivity index (χ1) is 12.0. The van der Waals surface area contributed by atoms with Gasteiger partial charge in [0.25, 0.3) is 0 Å². The molecule has 3 rings (SSSR count). The molecule has 2 unspecified atom stereocenters. The van der Waals surface area contributed by atoms with E-state index in [2.05, 4.69) is 15.0 Å². The van der Waals surface area contributed by atoms with Gasteiger partial charge < -0.3 is 11.1 Å². The second-order valence-electron chi connectivity index (χ2n) is 7.11. The van der Waals surface area contributed by atoms with Crippen molar-refractivity contribution in [3.8, 4) is 0 Å². The lowest BCUT2D eigenvalue weighted by atomic mass is 9.67. The van der Waals surface area contributed by atoms with Crippen molar-refractivity contribution in [1.29, 1.82) is 0 Å². The van der Waals surface area contributed by atoms with E-state index in [1.165, 1.54) is 24.9 Å². The third-order valence-electron chi connectivity index (χ3n) is 5.29. The first kappa shape index (κ1) is 24.1. The number of carbonyl (C=O) groups is 1. The van der Waals surface area contributed by atoms with E-state index in [9.17, 15) is 13.2 Å². The molecule has 2 atom stereocenters. The van der Waals surface area contributed by atoms with E-state index in [4.69, 9.17) is 5.73 Å². The van der Waals surface area contributed by atoms with E-state index in [0.29, 0.717) is 11.8 Å². The van der Waals surface area contributed by atoms with Crippen molar-refractivity contribution >= 4 is 40.7 Å². The third-order valence-corrected chi connectivity index (χ3v) is 6.74. The van der Waals surface area contributed by atoms with Crippen LogP contribution in [0.4, 0.5) is 0 Å². The van der Waals surface area contributed by atoms with E-state index in [1.807, 2.05) is 0 Å². The number of hydrogen-bond donors (Lipinski definition) is 3. The van der Waals surface area contributed by atoms with Gasteiger partial charge in [-0.25, -0.2) is 13.1 Å². The summed E-state index contributed by atoms with van der Waals surface area (Å²) in [6, 6.07) is 3.47. The van der Waals surface area contributed by atoms with Gasteiger partial charge in [-0.2, -0.15) is 0 Å². The SMILES string of the molecule is Cl.Cl.NC1CC2CCCC(C1)C2NC(=O)CCNS(=O)(=O)c1cccnc1. The van der Waals surface area contributed by atoms with Crippen LogP contribution in [0.15, 0.2) is 29.4 Å². The third kappa shape index (κ3) is 6.29. The van der Waals surface area contributed by atoms with Gasteiger partial charge in [0.2, 0.25) is 15.9 Å². The Balaban J connectivity index is 0.00000182. The molecule has 7 nitrogen and oxygen atoms in total. The average molecular weight is 439 g/mol. The summed E-state index contributed by atoms with van der Waals surface area (Å²) in [5.74, 6) is 0.809. The average Bonchev–Trinajstić information content (AvgIpc) is 2.56. The van der Waals surface area contributed by atoms with Gasteiger partial charge in [-0.3, -0.25) is 9.78 Å². The predicted molar refractivity (Wildman–Crippen MR) is 109 cm³/mol. The van der Waals surface area contributed by atoms with E-state index in [0.717, 1.165) is 25.7 Å². The summed E-state index contributed by atoms with van der Waals surface area (Å²) in [5, 5.41) is 3.13. The van der Waals surface area contributed by atoms with Crippen LogP contribution in [0.1, 0.15) is 38.5 Å². The van der Waals surface area contributed by atoms with E-state index in [-0.39, 0.29) is 60.7 Å². The van der Waals surface area contributed by atoms with Gasteiger partial charge in [-0.1, -0.05) is 6.42 Å².